The van der Waals surface area contributed by atoms with E-state index in [1.54, 1.807) is 8.57 Å². The first-order chi connectivity index (χ1) is 11.4. The Balaban J connectivity index is 0.00000113. The molecular formula is C22H18Cl2V. The second-order valence-corrected chi connectivity index (χ2v) is 7.81. The molecule has 0 nitrogen and oxygen atoms in total. The van der Waals surface area contributed by atoms with Crippen LogP contribution in [0.2, 0.25) is 0 Å². The van der Waals surface area contributed by atoms with Gasteiger partial charge in [0.2, 0.25) is 0 Å². The molecule has 25 heavy (non-hydrogen) atoms. The first kappa shape index (κ1) is 19.9. The number of hydrogen-bond donors (Lipinski definition) is 0. The zero-order valence-electron chi connectivity index (χ0n) is 13.7. The molecule has 2 aliphatic carbocycles. The van der Waals surface area contributed by atoms with Crippen molar-refractivity contribution in [1.82, 2.24) is 0 Å². The summed E-state index contributed by atoms with van der Waals surface area (Å²) in [5.41, 5.74) is 5.63. The van der Waals surface area contributed by atoms with Crippen LogP contribution in [0.25, 0.3) is 11.1 Å². The van der Waals surface area contributed by atoms with Crippen molar-refractivity contribution in [3.8, 4) is 0 Å². The van der Waals surface area contributed by atoms with E-state index in [2.05, 4.69) is 85.0 Å². The Morgan fingerprint density at radius 3 is 1.36 bits per heavy atom. The molecule has 0 aliphatic heterocycles. The van der Waals surface area contributed by atoms with Gasteiger partial charge in [-0.1, -0.05) is 0 Å². The molecule has 125 valence electrons. The third kappa shape index (κ3) is 4.40. The van der Waals surface area contributed by atoms with Gasteiger partial charge in [0.25, 0.3) is 0 Å². The van der Waals surface area contributed by atoms with Gasteiger partial charge in [0.15, 0.2) is 0 Å². The molecule has 0 N–H and O–H groups in total. The molecular weight excluding hydrogens is 386 g/mol. The average molecular weight is 404 g/mol. The summed E-state index contributed by atoms with van der Waals surface area (Å²) in [6, 6.07) is 21.6. The zero-order valence-corrected chi connectivity index (χ0v) is 16.6. The summed E-state index contributed by atoms with van der Waals surface area (Å²) >= 11 is 0.0911. The van der Waals surface area contributed by atoms with Crippen LogP contribution in [-0.4, -0.2) is 0 Å². The maximum absolute atomic E-state index is 2.32. The average Bonchev–Trinajstić information content (AvgIpc) is 3.26. The van der Waals surface area contributed by atoms with Crippen molar-refractivity contribution in [2.45, 2.75) is 12.8 Å². The number of hydrogen-bond acceptors (Lipinski definition) is 0. The second-order valence-electron chi connectivity index (χ2n) is 5.78. The van der Waals surface area contributed by atoms with E-state index in [0.29, 0.717) is 0 Å². The normalized spacial score (nSPS) is 15.0. The largest absolute Gasteiger partial charge is 1.00 e. The molecule has 2 aromatic rings. The maximum Gasteiger partial charge on any atom is -1.00 e. The molecule has 4 rings (SSSR count). The van der Waals surface area contributed by atoms with Gasteiger partial charge in [-0.25, -0.2) is 0 Å². The van der Waals surface area contributed by atoms with Gasteiger partial charge in [-0.2, -0.15) is 0 Å². The molecule has 0 saturated heterocycles. The molecule has 0 radical (unpaired) electrons. The zero-order chi connectivity index (χ0) is 15.5. The fourth-order valence-electron chi connectivity index (χ4n) is 3.12. The van der Waals surface area contributed by atoms with Crippen LogP contribution in [0.4, 0.5) is 0 Å². The predicted octanol–water partition coefficient (Wildman–Crippen LogP) is -0.181. The quantitative estimate of drug-likeness (QED) is 0.664. The van der Waals surface area contributed by atoms with Crippen LogP contribution in [0.15, 0.2) is 93.5 Å². The minimum absolute atomic E-state index is 0. The predicted molar refractivity (Wildman–Crippen MR) is 94.2 cm³/mol. The van der Waals surface area contributed by atoms with E-state index < -0.39 is 0 Å². The summed E-state index contributed by atoms with van der Waals surface area (Å²) in [6.45, 7) is 0. The molecule has 3 heteroatoms. The van der Waals surface area contributed by atoms with Crippen molar-refractivity contribution in [2.24, 2.45) is 0 Å². The number of rotatable bonds is 4. The topological polar surface area (TPSA) is 0 Å². The molecule has 2 aromatic carbocycles. The van der Waals surface area contributed by atoms with Gasteiger partial charge in [0, 0.05) is 0 Å². The molecule has 0 amide bonds. The van der Waals surface area contributed by atoms with E-state index in [4.69, 9.17) is 0 Å². The van der Waals surface area contributed by atoms with Gasteiger partial charge < -0.3 is 24.8 Å². The second kappa shape index (κ2) is 9.31. The SMILES string of the molecule is C1=CC(c2ccccc2)=[C]([V+2][C]2=C(c3ccccc3)C=CC2)C1.[Cl-].[Cl-]. The van der Waals surface area contributed by atoms with Gasteiger partial charge in [0.1, 0.15) is 0 Å². The van der Waals surface area contributed by atoms with Crippen LogP contribution >= 0.6 is 0 Å². The van der Waals surface area contributed by atoms with E-state index >= 15 is 0 Å². The first-order valence-corrected chi connectivity index (χ1v) is 9.43. The monoisotopic (exact) mass is 403 g/mol. The number of benzene rings is 2. The summed E-state index contributed by atoms with van der Waals surface area (Å²) in [4.78, 5) is 0. The Bertz CT molecular complexity index is 759. The molecule has 0 saturated carbocycles. The standard InChI is InChI=1S/2C11H9.2ClH.V/c2*1-2-6-10(7-3-1)11-8-4-5-9-11;;;/h2*1-4,6-8H,5H2;2*1H;/q;;;;+2/p-2. The maximum atomic E-state index is 2.32. The molecule has 0 unspecified atom stereocenters. The molecule has 0 atom stereocenters. The Morgan fingerprint density at radius 2 is 0.960 bits per heavy atom. The van der Waals surface area contributed by atoms with Crippen LogP contribution in [0.3, 0.4) is 0 Å². The van der Waals surface area contributed by atoms with E-state index in [-0.39, 0.29) is 41.1 Å². The minimum atomic E-state index is 0. The summed E-state index contributed by atoms with van der Waals surface area (Å²) in [7, 11) is 0. The molecule has 0 spiro atoms. The fraction of sp³-hybridized carbons (Fsp3) is 0.0909. The van der Waals surface area contributed by atoms with Crippen LogP contribution in [-0.2, 0) is 16.3 Å². The van der Waals surface area contributed by atoms with Crippen LogP contribution in [0.5, 0.6) is 0 Å². The Kier molecular flexibility index (Phi) is 7.41. The molecule has 0 bridgehead atoms. The van der Waals surface area contributed by atoms with Gasteiger partial charge >= 0.3 is 145 Å². The molecule has 0 fully saturated rings. The van der Waals surface area contributed by atoms with E-state index in [1.807, 2.05) is 0 Å². The van der Waals surface area contributed by atoms with E-state index in [1.165, 1.54) is 22.3 Å². The van der Waals surface area contributed by atoms with Crippen molar-refractivity contribution in [3.63, 3.8) is 0 Å². The van der Waals surface area contributed by atoms with Crippen molar-refractivity contribution in [1.29, 1.82) is 0 Å². The molecule has 0 aromatic heterocycles. The smallest absolute Gasteiger partial charge is 1.00 e. The number of allylic oxidation sites excluding steroid dienone is 8. The van der Waals surface area contributed by atoms with E-state index in [9.17, 15) is 0 Å². The van der Waals surface area contributed by atoms with Gasteiger partial charge in [-0.3, -0.25) is 0 Å². The van der Waals surface area contributed by atoms with Crippen molar-refractivity contribution in [2.75, 3.05) is 0 Å². The third-order valence-corrected chi connectivity index (χ3v) is 6.42. The summed E-state index contributed by atoms with van der Waals surface area (Å²) in [5, 5.41) is 0. The van der Waals surface area contributed by atoms with Crippen molar-refractivity contribution >= 4 is 11.1 Å². The Morgan fingerprint density at radius 1 is 0.560 bits per heavy atom. The van der Waals surface area contributed by atoms with Crippen LogP contribution in [0, 0.1) is 0 Å². The van der Waals surface area contributed by atoms with Crippen molar-refractivity contribution < 1.29 is 41.1 Å². The molecule has 0 heterocycles. The summed E-state index contributed by atoms with van der Waals surface area (Å²) in [5.74, 6) is 0. The van der Waals surface area contributed by atoms with Crippen LogP contribution in [0.1, 0.15) is 24.0 Å². The van der Waals surface area contributed by atoms with Crippen molar-refractivity contribution in [3.05, 3.63) is 105 Å². The summed E-state index contributed by atoms with van der Waals surface area (Å²) in [6.07, 6.45) is 11.5. The Hall–Kier alpha value is -1.44. The van der Waals surface area contributed by atoms with E-state index in [0.717, 1.165) is 12.8 Å². The minimum Gasteiger partial charge on any atom is -1.00 e. The molecule has 2 aliphatic rings. The number of halogens is 2. The van der Waals surface area contributed by atoms with Gasteiger partial charge in [0.05, 0.1) is 0 Å². The van der Waals surface area contributed by atoms with Gasteiger partial charge in [-0.05, 0) is 0 Å². The van der Waals surface area contributed by atoms with Gasteiger partial charge in [-0.15, -0.1) is 0 Å². The fourth-order valence-corrected chi connectivity index (χ4v) is 5.26. The first-order valence-electron chi connectivity index (χ1n) is 8.04. The summed E-state index contributed by atoms with van der Waals surface area (Å²) < 4.78 is 3.28. The van der Waals surface area contributed by atoms with Crippen LogP contribution < -0.4 is 24.8 Å². The third-order valence-electron chi connectivity index (χ3n) is 4.25. The Labute approximate surface area is 169 Å².